The standard InChI is InChI=1S/C8H14O4/c1-7(5-8(9)10)6-12-4-3-11-2/h5H,3-4,6H2,1-2H3,(H,9,10). The molecule has 0 aliphatic rings. The van der Waals surface area contributed by atoms with Crippen molar-refractivity contribution in [1.82, 2.24) is 0 Å². The topological polar surface area (TPSA) is 55.8 Å². The van der Waals surface area contributed by atoms with Gasteiger partial charge in [0.15, 0.2) is 0 Å². The molecule has 12 heavy (non-hydrogen) atoms. The highest BCUT2D eigenvalue weighted by Gasteiger charge is 1.94. The second-order valence-corrected chi connectivity index (χ2v) is 2.37. The molecule has 0 aromatic carbocycles. The molecule has 0 amide bonds. The summed E-state index contributed by atoms with van der Waals surface area (Å²) in [5.41, 5.74) is 0.693. The maximum absolute atomic E-state index is 10.1. The molecule has 4 heteroatoms. The van der Waals surface area contributed by atoms with Crippen molar-refractivity contribution < 1.29 is 19.4 Å². The first kappa shape index (κ1) is 11.1. The average Bonchev–Trinajstić information content (AvgIpc) is 1.97. The minimum atomic E-state index is -0.942. The lowest BCUT2D eigenvalue weighted by molar-refractivity contribution is -0.131. The number of carboxylic acids is 1. The predicted molar refractivity (Wildman–Crippen MR) is 44.1 cm³/mol. The van der Waals surface area contributed by atoms with E-state index < -0.39 is 5.97 Å². The van der Waals surface area contributed by atoms with Gasteiger partial charge < -0.3 is 14.6 Å². The van der Waals surface area contributed by atoms with Gasteiger partial charge in [-0.15, -0.1) is 0 Å². The molecule has 0 aromatic heterocycles. The fourth-order valence-corrected chi connectivity index (χ4v) is 0.628. The maximum atomic E-state index is 10.1. The molecule has 1 N–H and O–H groups in total. The lowest BCUT2D eigenvalue weighted by Crippen LogP contribution is -2.04. The fourth-order valence-electron chi connectivity index (χ4n) is 0.628. The van der Waals surface area contributed by atoms with Crippen LogP contribution in [0.25, 0.3) is 0 Å². The third-order valence-electron chi connectivity index (χ3n) is 1.13. The third-order valence-corrected chi connectivity index (χ3v) is 1.13. The molecule has 0 rings (SSSR count). The van der Waals surface area contributed by atoms with Crippen molar-refractivity contribution in [2.45, 2.75) is 6.92 Å². The van der Waals surface area contributed by atoms with Crippen LogP contribution in [0.15, 0.2) is 11.6 Å². The summed E-state index contributed by atoms with van der Waals surface area (Å²) in [6.07, 6.45) is 1.13. The van der Waals surface area contributed by atoms with Crippen LogP contribution in [0.1, 0.15) is 6.92 Å². The van der Waals surface area contributed by atoms with Crippen LogP contribution in [-0.4, -0.2) is 38.0 Å². The highest BCUT2D eigenvalue weighted by molar-refractivity contribution is 5.80. The van der Waals surface area contributed by atoms with Gasteiger partial charge in [0.25, 0.3) is 0 Å². The first-order valence-corrected chi connectivity index (χ1v) is 3.63. The molecule has 0 heterocycles. The molecule has 0 atom stereocenters. The van der Waals surface area contributed by atoms with Crippen LogP contribution < -0.4 is 0 Å². The van der Waals surface area contributed by atoms with Crippen molar-refractivity contribution in [2.24, 2.45) is 0 Å². The lowest BCUT2D eigenvalue weighted by atomic mass is 10.3. The van der Waals surface area contributed by atoms with E-state index in [1.165, 1.54) is 0 Å². The minimum absolute atomic E-state index is 0.343. The number of hydrogen-bond acceptors (Lipinski definition) is 3. The van der Waals surface area contributed by atoms with E-state index in [1.807, 2.05) is 0 Å². The largest absolute Gasteiger partial charge is 0.478 e. The van der Waals surface area contributed by atoms with Crippen molar-refractivity contribution in [3.05, 3.63) is 11.6 Å². The summed E-state index contributed by atoms with van der Waals surface area (Å²) in [5.74, 6) is -0.942. The minimum Gasteiger partial charge on any atom is -0.478 e. The summed E-state index contributed by atoms with van der Waals surface area (Å²) < 4.78 is 9.82. The van der Waals surface area contributed by atoms with E-state index in [1.54, 1.807) is 14.0 Å². The van der Waals surface area contributed by atoms with Crippen LogP contribution in [0.2, 0.25) is 0 Å². The van der Waals surface area contributed by atoms with Gasteiger partial charge in [0.1, 0.15) is 0 Å². The molecular weight excluding hydrogens is 160 g/mol. The molecule has 4 nitrogen and oxygen atoms in total. The molecular formula is C8H14O4. The number of rotatable bonds is 6. The molecule has 0 unspecified atom stereocenters. The van der Waals surface area contributed by atoms with Crippen molar-refractivity contribution in [1.29, 1.82) is 0 Å². The van der Waals surface area contributed by atoms with Gasteiger partial charge in [-0.2, -0.15) is 0 Å². The van der Waals surface area contributed by atoms with Gasteiger partial charge in [-0.3, -0.25) is 0 Å². The molecule has 0 saturated carbocycles. The second kappa shape index (κ2) is 6.82. The Morgan fingerprint density at radius 2 is 2.17 bits per heavy atom. The zero-order valence-electron chi connectivity index (χ0n) is 7.37. The van der Waals surface area contributed by atoms with Crippen molar-refractivity contribution in [3.63, 3.8) is 0 Å². The summed E-state index contributed by atoms with van der Waals surface area (Å²) in [5, 5.41) is 8.33. The molecule has 0 fully saturated rings. The summed E-state index contributed by atoms with van der Waals surface area (Å²) in [7, 11) is 1.59. The van der Waals surface area contributed by atoms with E-state index in [0.717, 1.165) is 6.08 Å². The molecule has 0 aliphatic carbocycles. The SMILES string of the molecule is COCCOCC(C)=CC(=O)O. The maximum Gasteiger partial charge on any atom is 0.328 e. The highest BCUT2D eigenvalue weighted by atomic mass is 16.5. The van der Waals surface area contributed by atoms with Gasteiger partial charge in [-0.1, -0.05) is 0 Å². The van der Waals surface area contributed by atoms with Gasteiger partial charge in [0.05, 0.1) is 19.8 Å². The first-order chi connectivity index (χ1) is 5.66. The third kappa shape index (κ3) is 7.24. The highest BCUT2D eigenvalue weighted by Crippen LogP contribution is 1.92. The Labute approximate surface area is 71.8 Å². The van der Waals surface area contributed by atoms with E-state index in [9.17, 15) is 4.79 Å². The number of ether oxygens (including phenoxy) is 2. The molecule has 0 aliphatic heterocycles. The summed E-state index contributed by atoms with van der Waals surface area (Å²) >= 11 is 0. The molecule has 0 bridgehead atoms. The van der Waals surface area contributed by atoms with Gasteiger partial charge in [0, 0.05) is 13.2 Å². The quantitative estimate of drug-likeness (QED) is 0.475. The Bertz CT molecular complexity index is 162. The zero-order chi connectivity index (χ0) is 9.40. The predicted octanol–water partition coefficient (Wildman–Crippen LogP) is 0.680. The second-order valence-electron chi connectivity index (χ2n) is 2.37. The number of hydrogen-bond donors (Lipinski definition) is 1. The Morgan fingerprint density at radius 3 is 2.67 bits per heavy atom. The average molecular weight is 174 g/mol. The first-order valence-electron chi connectivity index (χ1n) is 3.63. The zero-order valence-corrected chi connectivity index (χ0v) is 7.37. The number of carboxylic acid groups (broad SMARTS) is 1. The Morgan fingerprint density at radius 1 is 1.50 bits per heavy atom. The van der Waals surface area contributed by atoms with Crippen molar-refractivity contribution in [2.75, 3.05) is 26.9 Å². The Balaban J connectivity index is 3.43. The van der Waals surface area contributed by atoms with E-state index in [4.69, 9.17) is 14.6 Å². The Hall–Kier alpha value is -0.870. The normalized spacial score (nSPS) is 11.7. The Kier molecular flexibility index (Phi) is 6.32. The number of carbonyl (C=O) groups is 1. The molecule has 0 spiro atoms. The van der Waals surface area contributed by atoms with Crippen LogP contribution in [-0.2, 0) is 14.3 Å². The molecule has 0 saturated heterocycles. The molecule has 0 radical (unpaired) electrons. The van der Waals surface area contributed by atoms with Crippen LogP contribution in [0, 0.1) is 0 Å². The molecule has 70 valence electrons. The molecule has 0 aromatic rings. The van der Waals surface area contributed by atoms with Crippen LogP contribution in [0.5, 0.6) is 0 Å². The van der Waals surface area contributed by atoms with Gasteiger partial charge in [-0.25, -0.2) is 4.79 Å². The van der Waals surface area contributed by atoms with E-state index in [0.29, 0.717) is 25.4 Å². The van der Waals surface area contributed by atoms with Gasteiger partial charge >= 0.3 is 5.97 Å². The van der Waals surface area contributed by atoms with Gasteiger partial charge in [-0.05, 0) is 12.5 Å². The monoisotopic (exact) mass is 174 g/mol. The van der Waals surface area contributed by atoms with E-state index >= 15 is 0 Å². The van der Waals surface area contributed by atoms with Crippen LogP contribution >= 0.6 is 0 Å². The number of methoxy groups -OCH3 is 1. The van der Waals surface area contributed by atoms with Crippen LogP contribution in [0.4, 0.5) is 0 Å². The fraction of sp³-hybridized carbons (Fsp3) is 0.625. The summed E-state index contributed by atoms with van der Waals surface area (Å²) in [4.78, 5) is 10.1. The summed E-state index contributed by atoms with van der Waals surface area (Å²) in [6, 6.07) is 0. The van der Waals surface area contributed by atoms with E-state index in [2.05, 4.69) is 0 Å². The van der Waals surface area contributed by atoms with E-state index in [-0.39, 0.29) is 0 Å². The lowest BCUT2D eigenvalue weighted by Gasteiger charge is -2.02. The van der Waals surface area contributed by atoms with Crippen LogP contribution in [0.3, 0.4) is 0 Å². The van der Waals surface area contributed by atoms with Crippen molar-refractivity contribution >= 4 is 5.97 Å². The van der Waals surface area contributed by atoms with Crippen molar-refractivity contribution in [3.8, 4) is 0 Å². The van der Waals surface area contributed by atoms with Gasteiger partial charge in [0.2, 0.25) is 0 Å². The number of aliphatic carboxylic acids is 1. The summed E-state index contributed by atoms with van der Waals surface area (Å²) in [6.45, 7) is 3.07. The smallest absolute Gasteiger partial charge is 0.328 e.